The summed E-state index contributed by atoms with van der Waals surface area (Å²) in [6, 6.07) is 1.92. The van der Waals surface area contributed by atoms with Crippen molar-refractivity contribution >= 4 is 23.1 Å². The zero-order valence-electron chi connectivity index (χ0n) is 11.3. The van der Waals surface area contributed by atoms with Gasteiger partial charge in [0.25, 0.3) is 0 Å². The highest BCUT2D eigenvalue weighted by Gasteiger charge is 2.32. The van der Waals surface area contributed by atoms with Gasteiger partial charge < -0.3 is 10.4 Å². The fourth-order valence-corrected chi connectivity index (χ4v) is 2.98. The van der Waals surface area contributed by atoms with Gasteiger partial charge in [0.05, 0.1) is 11.7 Å². The molecular formula is C15H19ClN2O2. The molecule has 1 aromatic rings. The van der Waals surface area contributed by atoms with Gasteiger partial charge in [-0.15, -0.1) is 0 Å². The summed E-state index contributed by atoms with van der Waals surface area (Å²) in [5.74, 6) is 0.323. The molecule has 0 spiro atoms. The number of rotatable bonds is 4. The summed E-state index contributed by atoms with van der Waals surface area (Å²) in [5.41, 5.74) is 1.40. The lowest BCUT2D eigenvalue weighted by Gasteiger charge is -2.28. The lowest BCUT2D eigenvalue weighted by atomic mass is 9.92. The molecule has 2 atom stereocenters. The van der Waals surface area contributed by atoms with Crippen molar-refractivity contribution in [1.82, 2.24) is 4.98 Å². The van der Waals surface area contributed by atoms with Crippen molar-refractivity contribution in [1.29, 1.82) is 0 Å². The fourth-order valence-electron chi connectivity index (χ4n) is 2.83. The van der Waals surface area contributed by atoms with Crippen molar-refractivity contribution in [3.63, 3.8) is 0 Å². The Morgan fingerprint density at radius 3 is 2.85 bits per heavy atom. The molecule has 2 fully saturated rings. The summed E-state index contributed by atoms with van der Waals surface area (Å²) in [6.07, 6.45) is 6.87. The van der Waals surface area contributed by atoms with Crippen molar-refractivity contribution in [3.8, 4) is 0 Å². The van der Waals surface area contributed by atoms with E-state index < -0.39 is 0 Å². The second kappa shape index (κ2) is 5.70. The van der Waals surface area contributed by atoms with E-state index in [1.807, 2.05) is 0 Å². The Labute approximate surface area is 123 Å². The Bertz CT molecular complexity index is 517. The van der Waals surface area contributed by atoms with Crippen LogP contribution >= 0.6 is 11.6 Å². The third-order valence-corrected chi connectivity index (χ3v) is 4.30. The minimum absolute atomic E-state index is 0.160. The van der Waals surface area contributed by atoms with Crippen LogP contribution in [0.15, 0.2) is 12.3 Å². The number of aliphatic hydroxyl groups is 1. The summed E-state index contributed by atoms with van der Waals surface area (Å²) >= 11 is 5.95. The summed E-state index contributed by atoms with van der Waals surface area (Å²) in [4.78, 5) is 16.3. The minimum atomic E-state index is -0.249. The molecule has 0 saturated heterocycles. The van der Waals surface area contributed by atoms with E-state index in [-0.39, 0.29) is 23.8 Å². The molecule has 2 aliphatic carbocycles. The smallest absolute Gasteiger partial charge is 0.169 e. The number of hydrogen-bond donors (Lipinski definition) is 2. The van der Waals surface area contributed by atoms with Crippen LogP contribution < -0.4 is 5.32 Å². The Kier molecular flexibility index (Phi) is 3.94. The molecule has 20 heavy (non-hydrogen) atoms. The van der Waals surface area contributed by atoms with Gasteiger partial charge in [0, 0.05) is 23.8 Å². The molecule has 108 valence electrons. The van der Waals surface area contributed by atoms with E-state index in [4.69, 9.17) is 11.6 Å². The number of aromatic nitrogens is 1. The van der Waals surface area contributed by atoms with Gasteiger partial charge in [-0.3, -0.25) is 4.79 Å². The molecule has 0 bridgehead atoms. The van der Waals surface area contributed by atoms with Gasteiger partial charge in [-0.1, -0.05) is 11.6 Å². The highest BCUT2D eigenvalue weighted by Crippen LogP contribution is 2.35. The van der Waals surface area contributed by atoms with E-state index in [0.29, 0.717) is 10.7 Å². The van der Waals surface area contributed by atoms with Crippen molar-refractivity contribution in [2.45, 2.75) is 50.7 Å². The second-order valence-corrected chi connectivity index (χ2v) is 6.24. The number of carbonyl (C=O) groups excluding carboxylic acids is 1. The van der Waals surface area contributed by atoms with Crippen LogP contribution in [0.2, 0.25) is 5.15 Å². The van der Waals surface area contributed by atoms with Crippen LogP contribution in [0.25, 0.3) is 0 Å². The van der Waals surface area contributed by atoms with Crippen LogP contribution in [-0.2, 0) is 0 Å². The number of Topliss-reactive ketones (excluding diaryl/α,β-unsaturated/α-hetero) is 1. The monoisotopic (exact) mass is 294 g/mol. The molecular weight excluding hydrogens is 276 g/mol. The largest absolute Gasteiger partial charge is 0.393 e. The molecule has 0 unspecified atom stereocenters. The highest BCUT2D eigenvalue weighted by molar-refractivity contribution is 6.29. The zero-order valence-corrected chi connectivity index (χ0v) is 12.1. The van der Waals surface area contributed by atoms with Gasteiger partial charge >= 0.3 is 0 Å². The average molecular weight is 295 g/mol. The first-order valence-corrected chi connectivity index (χ1v) is 7.65. The molecule has 1 heterocycles. The molecule has 4 nitrogen and oxygen atoms in total. The third-order valence-electron chi connectivity index (χ3n) is 4.09. The predicted molar refractivity (Wildman–Crippen MR) is 78.2 cm³/mol. The molecule has 2 saturated carbocycles. The molecule has 5 heteroatoms. The van der Waals surface area contributed by atoms with Crippen LogP contribution in [0.3, 0.4) is 0 Å². The Morgan fingerprint density at radius 1 is 1.35 bits per heavy atom. The molecule has 2 aliphatic rings. The number of aliphatic hydroxyl groups excluding tert-OH is 1. The summed E-state index contributed by atoms with van der Waals surface area (Å²) in [6.45, 7) is 0. The molecule has 0 aliphatic heterocycles. The maximum absolute atomic E-state index is 12.3. The van der Waals surface area contributed by atoms with E-state index in [2.05, 4.69) is 10.3 Å². The van der Waals surface area contributed by atoms with E-state index in [1.165, 1.54) is 0 Å². The van der Waals surface area contributed by atoms with Gasteiger partial charge in [-0.05, 0) is 44.6 Å². The van der Waals surface area contributed by atoms with Gasteiger partial charge in [0.1, 0.15) is 5.15 Å². The number of pyridine rings is 1. The minimum Gasteiger partial charge on any atom is -0.393 e. The Morgan fingerprint density at radius 2 is 2.15 bits per heavy atom. The standard InChI is InChI=1S/C15H19ClN2O2/c16-14-7-13(18-10-2-1-3-11(19)6-10)12(8-17-14)15(20)9-4-5-9/h7-11,19H,1-6H2,(H,17,18)/t10-,11+/m1/s1. The van der Waals surface area contributed by atoms with Gasteiger partial charge in [0.15, 0.2) is 5.78 Å². The number of anilines is 1. The number of nitrogens with zero attached hydrogens (tertiary/aromatic N) is 1. The number of hydrogen-bond acceptors (Lipinski definition) is 4. The van der Waals surface area contributed by atoms with Crippen molar-refractivity contribution in [3.05, 3.63) is 23.0 Å². The van der Waals surface area contributed by atoms with Crippen LogP contribution in [0.5, 0.6) is 0 Å². The van der Waals surface area contributed by atoms with Crippen molar-refractivity contribution < 1.29 is 9.90 Å². The first kappa shape index (κ1) is 13.8. The summed E-state index contributed by atoms with van der Waals surface area (Å²) in [5, 5.41) is 13.5. The molecule has 0 radical (unpaired) electrons. The van der Waals surface area contributed by atoms with E-state index in [0.717, 1.165) is 44.2 Å². The maximum atomic E-state index is 12.3. The van der Waals surface area contributed by atoms with E-state index >= 15 is 0 Å². The van der Waals surface area contributed by atoms with Crippen molar-refractivity contribution in [2.75, 3.05) is 5.32 Å². The fraction of sp³-hybridized carbons (Fsp3) is 0.600. The molecule has 2 N–H and O–H groups in total. The molecule has 3 rings (SSSR count). The first-order chi connectivity index (χ1) is 9.63. The third kappa shape index (κ3) is 3.13. The van der Waals surface area contributed by atoms with Gasteiger partial charge in [0.2, 0.25) is 0 Å². The quantitative estimate of drug-likeness (QED) is 0.662. The topological polar surface area (TPSA) is 62.2 Å². The number of ketones is 1. The summed E-state index contributed by atoms with van der Waals surface area (Å²) in [7, 11) is 0. The number of halogens is 1. The SMILES string of the molecule is O=C(c1cnc(Cl)cc1N[C@@H]1CCC[C@H](O)C1)C1CC1. The predicted octanol–water partition coefficient (Wildman–Crippen LogP) is 3.04. The zero-order chi connectivity index (χ0) is 14.1. The van der Waals surface area contributed by atoms with Crippen LogP contribution in [0, 0.1) is 5.92 Å². The van der Waals surface area contributed by atoms with Crippen LogP contribution in [0.4, 0.5) is 5.69 Å². The van der Waals surface area contributed by atoms with Gasteiger partial charge in [-0.25, -0.2) is 4.98 Å². The van der Waals surface area contributed by atoms with Crippen LogP contribution in [-0.4, -0.2) is 28.0 Å². The molecule has 0 amide bonds. The highest BCUT2D eigenvalue weighted by atomic mass is 35.5. The number of nitrogens with one attached hydrogen (secondary N) is 1. The molecule has 0 aromatic carbocycles. The Hall–Kier alpha value is -1.13. The second-order valence-electron chi connectivity index (χ2n) is 5.85. The lowest BCUT2D eigenvalue weighted by Crippen LogP contribution is -2.30. The van der Waals surface area contributed by atoms with E-state index in [9.17, 15) is 9.90 Å². The molecule has 1 aromatic heterocycles. The van der Waals surface area contributed by atoms with E-state index in [1.54, 1.807) is 12.3 Å². The lowest BCUT2D eigenvalue weighted by molar-refractivity contribution is 0.0968. The van der Waals surface area contributed by atoms with Gasteiger partial charge in [-0.2, -0.15) is 0 Å². The first-order valence-electron chi connectivity index (χ1n) is 7.28. The van der Waals surface area contributed by atoms with Crippen LogP contribution in [0.1, 0.15) is 48.9 Å². The van der Waals surface area contributed by atoms with Crippen molar-refractivity contribution in [2.24, 2.45) is 5.92 Å². The average Bonchev–Trinajstić information content (AvgIpc) is 3.22. The summed E-state index contributed by atoms with van der Waals surface area (Å²) < 4.78 is 0. The number of carbonyl (C=O) groups is 1. The Balaban J connectivity index is 1.79. The maximum Gasteiger partial charge on any atom is 0.169 e. The normalized spacial score (nSPS) is 26.3.